The molecule has 2 saturated heterocycles. The first kappa shape index (κ1) is 11.4. The van der Waals surface area contributed by atoms with Crippen molar-refractivity contribution in [2.75, 3.05) is 26.2 Å². The Balaban J connectivity index is 1.52. The summed E-state index contributed by atoms with van der Waals surface area (Å²) in [6, 6.07) is 12.7. The maximum atomic E-state index is 4.78. The molecule has 1 aromatic heterocycles. The maximum Gasteiger partial charge on any atom is 0.0705 e. The fourth-order valence-corrected chi connectivity index (χ4v) is 3.51. The third-order valence-electron chi connectivity index (χ3n) is 4.51. The maximum absolute atomic E-state index is 4.78. The second-order valence-corrected chi connectivity index (χ2v) is 5.87. The molecule has 3 heteroatoms. The minimum atomic E-state index is 0.862. The molecule has 98 valence electrons. The third-order valence-corrected chi connectivity index (χ3v) is 4.51. The SMILES string of the molecule is c1ccc2nc(CN3CC4CNCC4C3)ccc2c1. The zero-order valence-corrected chi connectivity index (χ0v) is 11.0. The number of para-hydroxylation sites is 1. The summed E-state index contributed by atoms with van der Waals surface area (Å²) in [4.78, 5) is 7.34. The average molecular weight is 253 g/mol. The molecule has 1 N–H and O–H groups in total. The van der Waals surface area contributed by atoms with E-state index in [1.807, 2.05) is 0 Å². The smallest absolute Gasteiger partial charge is 0.0705 e. The fourth-order valence-electron chi connectivity index (χ4n) is 3.51. The Morgan fingerprint density at radius 2 is 1.84 bits per heavy atom. The van der Waals surface area contributed by atoms with Crippen LogP contribution in [-0.2, 0) is 6.54 Å². The lowest BCUT2D eigenvalue weighted by atomic mass is 10.0. The number of nitrogens with zero attached hydrogens (tertiary/aromatic N) is 2. The normalized spacial score (nSPS) is 26.9. The monoisotopic (exact) mass is 253 g/mol. The van der Waals surface area contributed by atoms with Crippen molar-refractivity contribution in [1.82, 2.24) is 15.2 Å². The van der Waals surface area contributed by atoms with Crippen LogP contribution in [0.25, 0.3) is 10.9 Å². The predicted molar refractivity (Wildman–Crippen MR) is 76.9 cm³/mol. The van der Waals surface area contributed by atoms with E-state index in [9.17, 15) is 0 Å². The third kappa shape index (κ3) is 2.13. The zero-order valence-electron chi connectivity index (χ0n) is 11.0. The molecule has 2 aliphatic rings. The topological polar surface area (TPSA) is 28.2 Å². The highest BCUT2D eigenvalue weighted by Crippen LogP contribution is 2.27. The number of benzene rings is 1. The van der Waals surface area contributed by atoms with Gasteiger partial charge >= 0.3 is 0 Å². The summed E-state index contributed by atoms with van der Waals surface area (Å²) in [5, 5.41) is 4.72. The molecule has 2 aliphatic heterocycles. The number of aromatic nitrogens is 1. The van der Waals surface area contributed by atoms with E-state index >= 15 is 0 Å². The van der Waals surface area contributed by atoms with Gasteiger partial charge in [0.15, 0.2) is 0 Å². The summed E-state index contributed by atoms with van der Waals surface area (Å²) in [5.74, 6) is 1.72. The molecule has 3 heterocycles. The molecular formula is C16H19N3. The molecule has 0 aliphatic carbocycles. The van der Waals surface area contributed by atoms with Crippen LogP contribution in [0.1, 0.15) is 5.69 Å². The van der Waals surface area contributed by atoms with Crippen LogP contribution >= 0.6 is 0 Å². The first-order valence-corrected chi connectivity index (χ1v) is 7.16. The van der Waals surface area contributed by atoms with Crippen molar-refractivity contribution in [3.05, 3.63) is 42.1 Å². The molecule has 0 saturated carbocycles. The second kappa shape index (κ2) is 4.58. The number of hydrogen-bond donors (Lipinski definition) is 1. The minimum absolute atomic E-state index is 0.862. The van der Waals surface area contributed by atoms with Crippen molar-refractivity contribution < 1.29 is 0 Å². The fraction of sp³-hybridized carbons (Fsp3) is 0.438. The van der Waals surface area contributed by atoms with E-state index in [0.29, 0.717) is 0 Å². The van der Waals surface area contributed by atoms with Gasteiger partial charge in [0, 0.05) is 25.0 Å². The summed E-state index contributed by atoms with van der Waals surface area (Å²) >= 11 is 0. The van der Waals surface area contributed by atoms with Crippen molar-refractivity contribution in [2.45, 2.75) is 6.54 Å². The van der Waals surface area contributed by atoms with Crippen LogP contribution in [-0.4, -0.2) is 36.1 Å². The van der Waals surface area contributed by atoms with Gasteiger partial charge in [-0.2, -0.15) is 0 Å². The Morgan fingerprint density at radius 1 is 1.05 bits per heavy atom. The molecule has 0 amide bonds. The van der Waals surface area contributed by atoms with Crippen molar-refractivity contribution in [3.63, 3.8) is 0 Å². The molecule has 19 heavy (non-hydrogen) atoms. The van der Waals surface area contributed by atoms with Crippen LogP contribution < -0.4 is 5.32 Å². The predicted octanol–water partition coefficient (Wildman–Crippen LogP) is 1.89. The largest absolute Gasteiger partial charge is 0.316 e. The Hall–Kier alpha value is -1.45. The summed E-state index contributed by atoms with van der Waals surface area (Å²) in [6.45, 7) is 5.86. The molecule has 2 fully saturated rings. The number of nitrogens with one attached hydrogen (secondary N) is 1. The lowest BCUT2D eigenvalue weighted by molar-refractivity contribution is 0.302. The Labute approximate surface area is 113 Å². The highest BCUT2D eigenvalue weighted by molar-refractivity contribution is 5.78. The Bertz CT molecular complexity index is 583. The number of rotatable bonds is 2. The van der Waals surface area contributed by atoms with Gasteiger partial charge in [0.1, 0.15) is 0 Å². The van der Waals surface area contributed by atoms with E-state index in [-0.39, 0.29) is 0 Å². The van der Waals surface area contributed by atoms with Crippen LogP contribution in [0.4, 0.5) is 0 Å². The molecule has 2 atom stereocenters. The van der Waals surface area contributed by atoms with Gasteiger partial charge in [0.2, 0.25) is 0 Å². The van der Waals surface area contributed by atoms with Gasteiger partial charge in [-0.15, -0.1) is 0 Å². The van der Waals surface area contributed by atoms with E-state index < -0.39 is 0 Å². The first-order valence-electron chi connectivity index (χ1n) is 7.16. The Morgan fingerprint density at radius 3 is 2.68 bits per heavy atom. The minimum Gasteiger partial charge on any atom is -0.316 e. The van der Waals surface area contributed by atoms with Crippen molar-refractivity contribution >= 4 is 10.9 Å². The Kier molecular flexibility index (Phi) is 2.75. The molecule has 0 spiro atoms. The molecule has 3 nitrogen and oxygen atoms in total. The number of likely N-dealkylation sites (tertiary alicyclic amines) is 1. The number of fused-ring (bicyclic) bond motifs is 2. The summed E-state index contributed by atoms with van der Waals surface area (Å²) in [7, 11) is 0. The molecule has 2 aromatic rings. The summed E-state index contributed by atoms with van der Waals surface area (Å²) < 4.78 is 0. The summed E-state index contributed by atoms with van der Waals surface area (Å²) in [5.41, 5.74) is 2.31. The average Bonchev–Trinajstić information content (AvgIpc) is 2.99. The molecule has 4 rings (SSSR count). The van der Waals surface area contributed by atoms with Gasteiger partial charge in [-0.1, -0.05) is 24.3 Å². The lowest BCUT2D eigenvalue weighted by Crippen LogP contribution is -2.25. The number of pyridine rings is 1. The van der Waals surface area contributed by atoms with E-state index in [0.717, 1.165) is 23.9 Å². The van der Waals surface area contributed by atoms with Gasteiger partial charge in [-0.25, -0.2) is 0 Å². The van der Waals surface area contributed by atoms with Crippen LogP contribution in [0.2, 0.25) is 0 Å². The van der Waals surface area contributed by atoms with E-state index in [1.165, 1.54) is 37.3 Å². The molecule has 0 bridgehead atoms. The van der Waals surface area contributed by atoms with Crippen LogP contribution in [0.5, 0.6) is 0 Å². The van der Waals surface area contributed by atoms with E-state index in [1.54, 1.807) is 0 Å². The van der Waals surface area contributed by atoms with Crippen molar-refractivity contribution in [3.8, 4) is 0 Å². The van der Waals surface area contributed by atoms with Crippen LogP contribution in [0.15, 0.2) is 36.4 Å². The van der Waals surface area contributed by atoms with Crippen LogP contribution in [0.3, 0.4) is 0 Å². The second-order valence-electron chi connectivity index (χ2n) is 5.87. The van der Waals surface area contributed by atoms with Gasteiger partial charge < -0.3 is 5.32 Å². The quantitative estimate of drug-likeness (QED) is 0.886. The molecule has 0 radical (unpaired) electrons. The molecule has 1 aromatic carbocycles. The van der Waals surface area contributed by atoms with Crippen LogP contribution in [0, 0.1) is 11.8 Å². The van der Waals surface area contributed by atoms with E-state index in [4.69, 9.17) is 4.98 Å². The van der Waals surface area contributed by atoms with Crippen molar-refractivity contribution in [1.29, 1.82) is 0 Å². The summed E-state index contributed by atoms with van der Waals surface area (Å²) in [6.07, 6.45) is 0. The van der Waals surface area contributed by atoms with Gasteiger partial charge in [0.05, 0.1) is 11.2 Å². The highest BCUT2D eigenvalue weighted by atomic mass is 15.2. The lowest BCUT2D eigenvalue weighted by Gasteiger charge is -2.16. The molecule has 2 unspecified atom stereocenters. The first-order chi connectivity index (χ1) is 9.38. The van der Waals surface area contributed by atoms with Gasteiger partial charge in [-0.3, -0.25) is 9.88 Å². The zero-order chi connectivity index (χ0) is 12.7. The van der Waals surface area contributed by atoms with E-state index in [2.05, 4.69) is 46.6 Å². The molecular weight excluding hydrogens is 234 g/mol. The van der Waals surface area contributed by atoms with Crippen molar-refractivity contribution in [2.24, 2.45) is 11.8 Å². The number of hydrogen-bond acceptors (Lipinski definition) is 3. The highest BCUT2D eigenvalue weighted by Gasteiger charge is 2.35. The van der Waals surface area contributed by atoms with Gasteiger partial charge in [0.25, 0.3) is 0 Å². The standard InChI is InChI=1S/C16H19N3/c1-2-4-16-12(3-1)5-6-15(18-16)11-19-9-13-7-17-8-14(13)10-19/h1-6,13-14,17H,7-11H2. The van der Waals surface area contributed by atoms with Gasteiger partial charge in [-0.05, 0) is 37.1 Å².